The highest BCUT2D eigenvalue weighted by molar-refractivity contribution is 7.12. The molecule has 15 heavy (non-hydrogen) atoms. The Morgan fingerprint density at radius 2 is 2.47 bits per heavy atom. The molecule has 1 aliphatic heterocycles. The molecule has 2 nitrogen and oxygen atoms in total. The van der Waals surface area contributed by atoms with E-state index in [2.05, 4.69) is 17.9 Å². The maximum atomic E-state index is 10.9. The summed E-state index contributed by atoms with van der Waals surface area (Å²) in [6.07, 6.45) is 1.61. The first-order valence-electron chi connectivity index (χ1n) is 4.94. The number of hydrogen-bond donors (Lipinski definition) is 0. The molecule has 0 amide bonds. The highest BCUT2D eigenvalue weighted by atomic mass is 35.5. The van der Waals surface area contributed by atoms with Gasteiger partial charge in [0.1, 0.15) is 6.29 Å². The molecule has 2 rings (SSSR count). The fraction of sp³-hybridized carbons (Fsp3) is 0.364. The number of fused-ring (bicyclic) bond motifs is 1. The van der Waals surface area contributed by atoms with Gasteiger partial charge in [-0.25, -0.2) is 0 Å². The molecular weight excluding hydrogens is 230 g/mol. The third kappa shape index (κ3) is 1.82. The van der Waals surface area contributed by atoms with Crippen molar-refractivity contribution in [2.75, 3.05) is 18.0 Å². The molecule has 0 saturated carbocycles. The highest BCUT2D eigenvalue weighted by Gasteiger charge is 2.20. The van der Waals surface area contributed by atoms with Gasteiger partial charge in [-0.3, -0.25) is 4.79 Å². The minimum Gasteiger partial charge on any atom is -0.370 e. The Balaban J connectivity index is 2.51. The summed E-state index contributed by atoms with van der Waals surface area (Å²) in [7, 11) is 0. The van der Waals surface area contributed by atoms with Crippen LogP contribution in [0.4, 0.5) is 5.69 Å². The fourth-order valence-corrected chi connectivity index (χ4v) is 3.04. The van der Waals surface area contributed by atoms with Gasteiger partial charge in [0.15, 0.2) is 0 Å². The van der Waals surface area contributed by atoms with E-state index in [4.69, 9.17) is 11.6 Å². The molecule has 1 aromatic heterocycles. The van der Waals surface area contributed by atoms with Gasteiger partial charge in [0.2, 0.25) is 0 Å². The van der Waals surface area contributed by atoms with Crippen LogP contribution in [0, 0.1) is 0 Å². The van der Waals surface area contributed by atoms with Gasteiger partial charge in [-0.15, -0.1) is 11.3 Å². The van der Waals surface area contributed by atoms with Crippen molar-refractivity contribution < 1.29 is 4.79 Å². The largest absolute Gasteiger partial charge is 0.370 e. The van der Waals surface area contributed by atoms with E-state index < -0.39 is 0 Å². The van der Waals surface area contributed by atoms with E-state index in [0.29, 0.717) is 5.03 Å². The van der Waals surface area contributed by atoms with Crippen LogP contribution in [0.2, 0.25) is 0 Å². The van der Waals surface area contributed by atoms with Crippen LogP contribution in [0.15, 0.2) is 17.0 Å². The molecular formula is C11H12ClNOS. The zero-order valence-corrected chi connectivity index (χ0v) is 10.1. The van der Waals surface area contributed by atoms with Gasteiger partial charge in [-0.2, -0.15) is 0 Å². The number of aldehydes is 1. The van der Waals surface area contributed by atoms with E-state index >= 15 is 0 Å². The summed E-state index contributed by atoms with van der Waals surface area (Å²) >= 11 is 7.81. The van der Waals surface area contributed by atoms with Gasteiger partial charge in [-0.05, 0) is 24.8 Å². The first-order chi connectivity index (χ1) is 7.27. The minimum absolute atomic E-state index is 0.631. The van der Waals surface area contributed by atoms with Crippen molar-refractivity contribution in [2.45, 2.75) is 13.3 Å². The van der Waals surface area contributed by atoms with Gasteiger partial charge in [0, 0.05) is 18.7 Å². The number of rotatable bonds is 2. The van der Waals surface area contributed by atoms with Gasteiger partial charge < -0.3 is 4.90 Å². The second-order valence-electron chi connectivity index (χ2n) is 3.42. The summed E-state index contributed by atoms with van der Waals surface area (Å²) < 4.78 is 0. The molecule has 1 aromatic rings. The van der Waals surface area contributed by atoms with Crippen LogP contribution in [0.1, 0.15) is 18.2 Å². The van der Waals surface area contributed by atoms with Crippen LogP contribution in [0.5, 0.6) is 0 Å². The Labute approximate surface area is 98.2 Å². The molecule has 4 heteroatoms. The van der Waals surface area contributed by atoms with Gasteiger partial charge in [0.25, 0.3) is 0 Å². The minimum atomic E-state index is 0.631. The standard InChI is InChI=1S/C11H12ClNOS/c1-2-13-5-3-8(7-14)10(12)11-9(13)4-6-15-11/h4,6-7H,2-3,5H2,1H3. The maximum absolute atomic E-state index is 10.9. The van der Waals surface area contributed by atoms with Gasteiger partial charge in [0.05, 0.1) is 15.6 Å². The third-order valence-corrected chi connectivity index (χ3v) is 4.11. The van der Waals surface area contributed by atoms with Crippen LogP contribution in [0.25, 0.3) is 5.03 Å². The average Bonchev–Trinajstić information content (AvgIpc) is 2.68. The molecule has 0 N–H and O–H groups in total. The first-order valence-corrected chi connectivity index (χ1v) is 6.20. The Bertz CT molecular complexity index is 410. The predicted octanol–water partition coefficient (Wildman–Crippen LogP) is 3.13. The van der Waals surface area contributed by atoms with Crippen molar-refractivity contribution in [1.29, 1.82) is 0 Å². The molecule has 1 aliphatic rings. The van der Waals surface area contributed by atoms with Crippen molar-refractivity contribution in [1.82, 2.24) is 0 Å². The molecule has 0 aromatic carbocycles. The monoisotopic (exact) mass is 241 g/mol. The van der Waals surface area contributed by atoms with E-state index in [0.717, 1.165) is 41.9 Å². The van der Waals surface area contributed by atoms with Crippen molar-refractivity contribution in [3.05, 3.63) is 21.9 Å². The third-order valence-electron chi connectivity index (χ3n) is 2.64. The lowest BCUT2D eigenvalue weighted by Gasteiger charge is -2.20. The molecule has 0 atom stereocenters. The number of thiophene rings is 1. The highest BCUT2D eigenvalue weighted by Crippen LogP contribution is 2.39. The van der Waals surface area contributed by atoms with E-state index in [1.165, 1.54) is 0 Å². The molecule has 0 radical (unpaired) electrons. The van der Waals surface area contributed by atoms with E-state index in [1.54, 1.807) is 11.3 Å². The van der Waals surface area contributed by atoms with Crippen molar-refractivity contribution in [3.63, 3.8) is 0 Å². The predicted molar refractivity (Wildman–Crippen MR) is 65.7 cm³/mol. The molecule has 0 bridgehead atoms. The molecule has 80 valence electrons. The lowest BCUT2D eigenvalue weighted by Crippen LogP contribution is -2.23. The maximum Gasteiger partial charge on any atom is 0.147 e. The van der Waals surface area contributed by atoms with Gasteiger partial charge in [-0.1, -0.05) is 11.6 Å². The number of halogens is 1. The lowest BCUT2D eigenvalue weighted by atomic mass is 10.2. The van der Waals surface area contributed by atoms with E-state index in [1.807, 2.05) is 5.38 Å². The van der Waals surface area contributed by atoms with Crippen molar-refractivity contribution >= 4 is 39.9 Å². The normalized spacial score (nSPS) is 16.3. The molecule has 2 heterocycles. The van der Waals surface area contributed by atoms with Crippen molar-refractivity contribution in [2.24, 2.45) is 0 Å². The molecule has 0 unspecified atom stereocenters. The summed E-state index contributed by atoms with van der Waals surface area (Å²) in [6.45, 7) is 3.92. The first kappa shape index (κ1) is 10.7. The molecule has 0 saturated heterocycles. The Hall–Kier alpha value is -0.800. The van der Waals surface area contributed by atoms with Crippen molar-refractivity contribution in [3.8, 4) is 0 Å². The Morgan fingerprint density at radius 1 is 1.67 bits per heavy atom. The zero-order valence-electron chi connectivity index (χ0n) is 8.50. The Morgan fingerprint density at radius 3 is 3.13 bits per heavy atom. The summed E-state index contributed by atoms with van der Waals surface area (Å²) in [4.78, 5) is 14.2. The smallest absolute Gasteiger partial charge is 0.147 e. The van der Waals surface area contributed by atoms with Crippen LogP contribution in [0.3, 0.4) is 0 Å². The number of hydrogen-bond acceptors (Lipinski definition) is 3. The van der Waals surface area contributed by atoms with Crippen LogP contribution < -0.4 is 4.90 Å². The fourth-order valence-electron chi connectivity index (χ4n) is 1.79. The quantitative estimate of drug-likeness (QED) is 0.742. The zero-order chi connectivity index (χ0) is 10.8. The second kappa shape index (κ2) is 4.37. The topological polar surface area (TPSA) is 20.3 Å². The summed E-state index contributed by atoms with van der Waals surface area (Å²) in [6, 6.07) is 2.07. The van der Waals surface area contributed by atoms with Crippen LogP contribution in [-0.4, -0.2) is 19.4 Å². The molecule has 0 fully saturated rings. The number of carbonyl (C=O) groups is 1. The van der Waals surface area contributed by atoms with Crippen LogP contribution >= 0.6 is 22.9 Å². The summed E-state index contributed by atoms with van der Waals surface area (Å²) in [5.74, 6) is 0. The van der Waals surface area contributed by atoms with E-state index in [9.17, 15) is 4.79 Å². The summed E-state index contributed by atoms with van der Waals surface area (Å²) in [5, 5.41) is 2.65. The summed E-state index contributed by atoms with van der Waals surface area (Å²) in [5.41, 5.74) is 1.88. The number of carbonyl (C=O) groups excluding carboxylic acids is 1. The lowest BCUT2D eigenvalue weighted by molar-refractivity contribution is -0.104. The van der Waals surface area contributed by atoms with Gasteiger partial charge >= 0.3 is 0 Å². The molecule has 0 spiro atoms. The SMILES string of the molecule is CCN1CCC(C=O)=C(Cl)c2sccc21. The van der Waals surface area contributed by atoms with Crippen LogP contribution in [-0.2, 0) is 4.79 Å². The second-order valence-corrected chi connectivity index (χ2v) is 4.72. The number of nitrogens with zero attached hydrogens (tertiary/aromatic N) is 1. The Kier molecular flexibility index (Phi) is 3.12. The average molecular weight is 242 g/mol. The number of anilines is 1. The van der Waals surface area contributed by atoms with E-state index in [-0.39, 0.29) is 0 Å². The molecule has 0 aliphatic carbocycles.